The molecule has 24 heavy (non-hydrogen) atoms. The van der Waals surface area contributed by atoms with Crippen molar-refractivity contribution in [3.8, 4) is 0 Å². The van der Waals surface area contributed by atoms with Gasteiger partial charge in [0, 0.05) is 0 Å². The Hall–Kier alpha value is -2.87. The summed E-state index contributed by atoms with van der Waals surface area (Å²) in [6.45, 7) is 0. The van der Waals surface area contributed by atoms with Crippen LogP contribution in [0.15, 0.2) is 84.9 Å². The van der Waals surface area contributed by atoms with Gasteiger partial charge in [0.15, 0.2) is 0 Å². The summed E-state index contributed by atoms with van der Waals surface area (Å²) >= 11 is 0. The molecule has 3 aromatic carbocycles. The number of hydrogen-bond acceptors (Lipinski definition) is 1. The molecule has 1 N–H and O–H groups in total. The van der Waals surface area contributed by atoms with Gasteiger partial charge < -0.3 is 5.32 Å². The van der Waals surface area contributed by atoms with Crippen LogP contribution in [0, 0.1) is 0 Å². The van der Waals surface area contributed by atoms with Gasteiger partial charge in [-0.05, 0) is 28.7 Å². The molecule has 2 atom stereocenters. The van der Waals surface area contributed by atoms with E-state index in [1.54, 1.807) is 0 Å². The Morgan fingerprint density at radius 2 is 1.29 bits per heavy atom. The predicted octanol–water partition coefficient (Wildman–Crippen LogP) is 4.23. The summed E-state index contributed by atoms with van der Waals surface area (Å²) in [6.07, 6.45) is 0.727. The van der Waals surface area contributed by atoms with Gasteiger partial charge in [-0.3, -0.25) is 4.79 Å². The van der Waals surface area contributed by atoms with E-state index in [-0.39, 0.29) is 17.9 Å². The molecule has 2 nitrogen and oxygen atoms in total. The maximum atomic E-state index is 12.8. The van der Waals surface area contributed by atoms with Crippen molar-refractivity contribution in [1.82, 2.24) is 5.32 Å². The van der Waals surface area contributed by atoms with Crippen molar-refractivity contribution in [3.05, 3.63) is 107 Å². The van der Waals surface area contributed by atoms with Crippen molar-refractivity contribution in [3.63, 3.8) is 0 Å². The summed E-state index contributed by atoms with van der Waals surface area (Å²) in [5.41, 5.74) is 4.64. The third-order valence-corrected chi connectivity index (χ3v) is 4.70. The van der Waals surface area contributed by atoms with Crippen LogP contribution < -0.4 is 5.32 Å². The molecule has 1 aliphatic rings. The zero-order valence-corrected chi connectivity index (χ0v) is 13.4. The van der Waals surface area contributed by atoms with E-state index in [2.05, 4.69) is 41.7 Å². The number of benzene rings is 3. The lowest BCUT2D eigenvalue weighted by Crippen LogP contribution is -2.39. The predicted molar refractivity (Wildman–Crippen MR) is 95.8 cm³/mol. The first kappa shape index (κ1) is 14.7. The van der Waals surface area contributed by atoms with Crippen LogP contribution >= 0.6 is 0 Å². The third kappa shape index (κ3) is 2.71. The van der Waals surface area contributed by atoms with Crippen molar-refractivity contribution >= 4 is 5.91 Å². The van der Waals surface area contributed by atoms with E-state index in [0.29, 0.717) is 0 Å². The molecule has 0 spiro atoms. The molecule has 0 saturated heterocycles. The number of amides is 1. The first-order valence-corrected chi connectivity index (χ1v) is 8.31. The second-order valence-corrected chi connectivity index (χ2v) is 6.22. The Morgan fingerprint density at radius 3 is 2.00 bits per heavy atom. The lowest BCUT2D eigenvalue weighted by atomic mass is 9.81. The van der Waals surface area contributed by atoms with Gasteiger partial charge in [-0.2, -0.15) is 0 Å². The van der Waals surface area contributed by atoms with E-state index < -0.39 is 0 Å². The topological polar surface area (TPSA) is 29.1 Å². The molecule has 0 radical (unpaired) electrons. The highest BCUT2D eigenvalue weighted by molar-refractivity contribution is 5.87. The van der Waals surface area contributed by atoms with Crippen LogP contribution in [-0.4, -0.2) is 5.91 Å². The summed E-state index contributed by atoms with van der Waals surface area (Å²) in [5, 5.41) is 3.22. The fourth-order valence-electron chi connectivity index (χ4n) is 3.51. The number of rotatable bonds is 3. The van der Waals surface area contributed by atoms with Gasteiger partial charge in [0.25, 0.3) is 0 Å². The molecule has 118 valence electrons. The average molecular weight is 313 g/mol. The number of hydrogen-bond donors (Lipinski definition) is 1. The van der Waals surface area contributed by atoms with Crippen LogP contribution in [-0.2, 0) is 11.2 Å². The van der Waals surface area contributed by atoms with Gasteiger partial charge in [0.1, 0.15) is 0 Å². The number of nitrogens with one attached hydrogen (secondary N) is 1. The zero-order valence-electron chi connectivity index (χ0n) is 13.4. The molecule has 1 amide bonds. The molecule has 0 unspecified atom stereocenters. The van der Waals surface area contributed by atoms with Crippen LogP contribution in [0.25, 0.3) is 0 Å². The Bertz CT molecular complexity index is 842. The van der Waals surface area contributed by atoms with Crippen molar-refractivity contribution in [2.75, 3.05) is 0 Å². The minimum atomic E-state index is -0.136. The fraction of sp³-hybridized carbons (Fsp3) is 0.136. The highest BCUT2D eigenvalue weighted by Crippen LogP contribution is 2.36. The minimum Gasteiger partial charge on any atom is -0.345 e. The maximum absolute atomic E-state index is 12.8. The fourth-order valence-corrected chi connectivity index (χ4v) is 3.51. The van der Waals surface area contributed by atoms with E-state index >= 15 is 0 Å². The van der Waals surface area contributed by atoms with Crippen molar-refractivity contribution in [2.24, 2.45) is 0 Å². The molecule has 0 fully saturated rings. The monoisotopic (exact) mass is 313 g/mol. The maximum Gasteiger partial charge on any atom is 0.228 e. The van der Waals surface area contributed by atoms with Crippen LogP contribution in [0.5, 0.6) is 0 Å². The van der Waals surface area contributed by atoms with Crippen LogP contribution in [0.3, 0.4) is 0 Å². The summed E-state index contributed by atoms with van der Waals surface area (Å²) in [7, 11) is 0. The van der Waals surface area contributed by atoms with Gasteiger partial charge in [-0.15, -0.1) is 0 Å². The first-order valence-electron chi connectivity index (χ1n) is 8.31. The normalized spacial score (nSPS) is 19.4. The first-order chi connectivity index (χ1) is 11.8. The smallest absolute Gasteiger partial charge is 0.228 e. The summed E-state index contributed by atoms with van der Waals surface area (Å²) < 4.78 is 0. The second kappa shape index (κ2) is 6.32. The molecule has 0 aromatic heterocycles. The summed E-state index contributed by atoms with van der Waals surface area (Å²) in [4.78, 5) is 12.8. The molecular weight excluding hydrogens is 294 g/mol. The van der Waals surface area contributed by atoms with Gasteiger partial charge in [-0.25, -0.2) is 0 Å². The molecule has 3 aromatic rings. The summed E-state index contributed by atoms with van der Waals surface area (Å²) in [5.74, 6) is -0.0324. The number of fused-ring (bicyclic) bond motifs is 1. The van der Waals surface area contributed by atoms with Gasteiger partial charge in [-0.1, -0.05) is 84.9 Å². The van der Waals surface area contributed by atoms with Crippen molar-refractivity contribution in [2.45, 2.75) is 18.4 Å². The van der Waals surface area contributed by atoms with E-state index in [0.717, 1.165) is 17.5 Å². The molecule has 0 saturated carbocycles. The molecule has 1 aliphatic heterocycles. The molecule has 1 heterocycles. The molecule has 4 rings (SSSR count). The third-order valence-electron chi connectivity index (χ3n) is 4.70. The highest BCUT2D eigenvalue weighted by atomic mass is 16.2. The number of carbonyl (C=O) groups is 1. The van der Waals surface area contributed by atoms with E-state index in [1.165, 1.54) is 11.1 Å². The Balaban J connectivity index is 1.74. The standard InChI is InChI=1S/C22H19NO/c24-22-20(15-16-9-3-1-4-10-16)18-13-7-8-14-19(18)21(23-22)17-11-5-2-6-12-17/h1-14,20-21H,15H2,(H,23,24)/t20-,21+/m1/s1. The van der Waals surface area contributed by atoms with E-state index in [1.807, 2.05) is 48.5 Å². The van der Waals surface area contributed by atoms with Crippen molar-refractivity contribution < 1.29 is 4.79 Å². The van der Waals surface area contributed by atoms with E-state index in [9.17, 15) is 4.79 Å². The van der Waals surface area contributed by atoms with Crippen LogP contribution in [0.1, 0.15) is 34.2 Å². The summed E-state index contributed by atoms with van der Waals surface area (Å²) in [6, 6.07) is 28.6. The van der Waals surface area contributed by atoms with Crippen LogP contribution in [0.2, 0.25) is 0 Å². The number of carbonyl (C=O) groups excluding carboxylic acids is 1. The Labute approximate surface area is 142 Å². The Morgan fingerprint density at radius 1 is 0.708 bits per heavy atom. The SMILES string of the molecule is O=C1N[C@@H](c2ccccc2)c2ccccc2[C@H]1Cc1ccccc1. The molecule has 0 aliphatic carbocycles. The highest BCUT2D eigenvalue weighted by Gasteiger charge is 2.33. The molecule has 0 bridgehead atoms. The molecule has 2 heteroatoms. The quantitative estimate of drug-likeness (QED) is 0.770. The van der Waals surface area contributed by atoms with Crippen LogP contribution in [0.4, 0.5) is 0 Å². The van der Waals surface area contributed by atoms with E-state index in [4.69, 9.17) is 0 Å². The average Bonchev–Trinajstić information content (AvgIpc) is 2.65. The lowest BCUT2D eigenvalue weighted by Gasteiger charge is -2.32. The lowest BCUT2D eigenvalue weighted by molar-refractivity contribution is -0.123. The zero-order chi connectivity index (χ0) is 16.4. The van der Waals surface area contributed by atoms with Gasteiger partial charge in [0.2, 0.25) is 5.91 Å². The molecular formula is C22H19NO. The second-order valence-electron chi connectivity index (χ2n) is 6.22. The van der Waals surface area contributed by atoms with Crippen molar-refractivity contribution in [1.29, 1.82) is 0 Å². The Kier molecular flexibility index (Phi) is 3.87. The van der Waals surface area contributed by atoms with Gasteiger partial charge >= 0.3 is 0 Å². The largest absolute Gasteiger partial charge is 0.345 e. The van der Waals surface area contributed by atoms with Gasteiger partial charge in [0.05, 0.1) is 12.0 Å². The minimum absolute atomic E-state index is 0.0677.